The standard InChI is InChI=1S/C27H25ClN2O/c1-2-17-11-13-18(14-12-17)27-26-24(29-22-9-5-6-10-23(22)30-27)15-19(16-25(26)31)20-7-3-4-8-21(20)28/h3-14,19,27,29-30H,2,15-16H2,1H3. The summed E-state index contributed by atoms with van der Waals surface area (Å²) in [6.45, 7) is 2.15. The molecular formula is C27H25ClN2O. The van der Waals surface area contributed by atoms with E-state index in [2.05, 4.69) is 54.0 Å². The molecule has 0 aromatic heterocycles. The molecule has 4 heteroatoms. The van der Waals surface area contributed by atoms with Crippen molar-refractivity contribution in [3.63, 3.8) is 0 Å². The van der Waals surface area contributed by atoms with E-state index in [1.807, 2.05) is 36.4 Å². The number of ketones is 1. The Hall–Kier alpha value is -3.04. The van der Waals surface area contributed by atoms with Gasteiger partial charge in [-0.3, -0.25) is 4.79 Å². The van der Waals surface area contributed by atoms with Crippen LogP contribution in [0.1, 0.15) is 48.4 Å². The van der Waals surface area contributed by atoms with Crippen molar-refractivity contribution in [1.29, 1.82) is 0 Å². The molecule has 0 spiro atoms. The third-order valence-electron chi connectivity index (χ3n) is 6.38. The first kappa shape index (κ1) is 19.9. The van der Waals surface area contributed by atoms with Gasteiger partial charge in [0, 0.05) is 22.7 Å². The van der Waals surface area contributed by atoms with Gasteiger partial charge in [-0.25, -0.2) is 0 Å². The second-order valence-corrected chi connectivity index (χ2v) is 8.69. The van der Waals surface area contributed by atoms with Gasteiger partial charge in [0.1, 0.15) is 0 Å². The van der Waals surface area contributed by atoms with Crippen molar-refractivity contribution in [1.82, 2.24) is 0 Å². The highest BCUT2D eigenvalue weighted by Crippen LogP contribution is 2.45. The fourth-order valence-electron chi connectivity index (χ4n) is 4.71. The summed E-state index contributed by atoms with van der Waals surface area (Å²) < 4.78 is 0. The van der Waals surface area contributed by atoms with Gasteiger partial charge in [-0.05, 0) is 53.6 Å². The zero-order valence-corrected chi connectivity index (χ0v) is 18.2. The summed E-state index contributed by atoms with van der Waals surface area (Å²) in [5.74, 6) is 0.240. The number of hydrogen-bond acceptors (Lipinski definition) is 3. The zero-order chi connectivity index (χ0) is 21.4. The lowest BCUT2D eigenvalue weighted by atomic mass is 9.78. The number of hydrogen-bond donors (Lipinski definition) is 2. The van der Waals surface area contributed by atoms with Crippen LogP contribution in [0.3, 0.4) is 0 Å². The Morgan fingerprint density at radius 1 is 0.903 bits per heavy atom. The minimum Gasteiger partial charge on any atom is -0.372 e. The molecule has 2 unspecified atom stereocenters. The largest absolute Gasteiger partial charge is 0.372 e. The normalized spacial score (nSPS) is 20.3. The molecule has 1 heterocycles. The van der Waals surface area contributed by atoms with Crippen LogP contribution in [0.15, 0.2) is 84.1 Å². The van der Waals surface area contributed by atoms with Gasteiger partial charge in [0.05, 0.1) is 17.4 Å². The smallest absolute Gasteiger partial charge is 0.163 e. The minimum atomic E-state index is -0.184. The van der Waals surface area contributed by atoms with Crippen LogP contribution in [0.4, 0.5) is 11.4 Å². The summed E-state index contributed by atoms with van der Waals surface area (Å²) in [4.78, 5) is 13.6. The van der Waals surface area contributed by atoms with Crippen LogP contribution in [0.2, 0.25) is 5.02 Å². The molecule has 3 aromatic carbocycles. The Balaban J connectivity index is 1.60. The number of carbonyl (C=O) groups is 1. The number of carbonyl (C=O) groups excluding carboxylic acids is 1. The Kier molecular flexibility index (Phi) is 5.29. The molecule has 3 nitrogen and oxygen atoms in total. The van der Waals surface area contributed by atoms with Gasteiger partial charge in [0.2, 0.25) is 0 Å². The quantitative estimate of drug-likeness (QED) is 0.477. The van der Waals surface area contributed by atoms with E-state index in [-0.39, 0.29) is 17.7 Å². The molecule has 1 aliphatic heterocycles. The first-order valence-corrected chi connectivity index (χ1v) is 11.2. The fourth-order valence-corrected chi connectivity index (χ4v) is 5.00. The van der Waals surface area contributed by atoms with Crippen LogP contribution >= 0.6 is 11.6 Å². The summed E-state index contributed by atoms with van der Waals surface area (Å²) in [6, 6.07) is 24.4. The minimum absolute atomic E-state index is 0.0702. The Labute approximate surface area is 188 Å². The van der Waals surface area contributed by atoms with Gasteiger partial charge in [-0.1, -0.05) is 73.1 Å². The molecule has 5 rings (SSSR count). The van der Waals surface area contributed by atoms with E-state index in [0.717, 1.165) is 51.6 Å². The lowest BCUT2D eigenvalue weighted by molar-refractivity contribution is -0.116. The second kappa shape index (κ2) is 8.24. The Morgan fingerprint density at radius 3 is 2.35 bits per heavy atom. The maximum absolute atomic E-state index is 13.6. The molecule has 0 bridgehead atoms. The maximum Gasteiger partial charge on any atom is 0.163 e. The zero-order valence-electron chi connectivity index (χ0n) is 17.5. The molecule has 0 fully saturated rings. The van der Waals surface area contributed by atoms with Gasteiger partial charge in [0.25, 0.3) is 0 Å². The van der Waals surface area contributed by atoms with Gasteiger partial charge in [-0.2, -0.15) is 0 Å². The number of aryl methyl sites for hydroxylation is 1. The third kappa shape index (κ3) is 3.75. The Bertz CT molecular complexity index is 1170. The molecular weight excluding hydrogens is 404 g/mol. The van der Waals surface area contributed by atoms with Gasteiger partial charge >= 0.3 is 0 Å². The molecule has 2 N–H and O–H groups in total. The summed E-state index contributed by atoms with van der Waals surface area (Å²) in [7, 11) is 0. The molecule has 0 radical (unpaired) electrons. The molecule has 0 saturated heterocycles. The average Bonchev–Trinajstić information content (AvgIpc) is 2.96. The van der Waals surface area contributed by atoms with Crippen LogP contribution in [0.5, 0.6) is 0 Å². The molecule has 1 aliphatic carbocycles. The van der Waals surface area contributed by atoms with E-state index < -0.39 is 0 Å². The molecule has 156 valence electrons. The number of allylic oxidation sites excluding steroid dienone is 1. The first-order chi connectivity index (χ1) is 15.1. The first-order valence-electron chi connectivity index (χ1n) is 10.9. The molecule has 3 aromatic rings. The summed E-state index contributed by atoms with van der Waals surface area (Å²) in [5, 5.41) is 7.95. The van der Waals surface area contributed by atoms with E-state index >= 15 is 0 Å². The van der Waals surface area contributed by atoms with Crippen molar-refractivity contribution in [3.05, 3.63) is 106 Å². The van der Waals surface area contributed by atoms with Gasteiger partial charge < -0.3 is 10.6 Å². The Morgan fingerprint density at radius 2 is 1.61 bits per heavy atom. The van der Waals surface area contributed by atoms with E-state index in [9.17, 15) is 4.79 Å². The van der Waals surface area contributed by atoms with Crippen LogP contribution in [0.25, 0.3) is 0 Å². The number of halogens is 1. The molecule has 31 heavy (non-hydrogen) atoms. The second-order valence-electron chi connectivity index (χ2n) is 8.29. The number of Topliss-reactive ketones (excluding diaryl/α,β-unsaturated/α-hetero) is 1. The summed E-state index contributed by atoms with van der Waals surface area (Å²) in [6.07, 6.45) is 2.21. The number of fused-ring (bicyclic) bond motifs is 1. The number of rotatable bonds is 3. The van der Waals surface area contributed by atoms with Crippen molar-refractivity contribution < 1.29 is 4.79 Å². The average molecular weight is 429 g/mol. The van der Waals surface area contributed by atoms with Crippen molar-refractivity contribution >= 4 is 28.8 Å². The highest BCUT2D eigenvalue weighted by molar-refractivity contribution is 6.31. The topological polar surface area (TPSA) is 41.1 Å². The monoisotopic (exact) mass is 428 g/mol. The lowest BCUT2D eigenvalue weighted by Gasteiger charge is -2.30. The van der Waals surface area contributed by atoms with E-state index in [1.54, 1.807) is 0 Å². The van der Waals surface area contributed by atoms with Crippen molar-refractivity contribution in [2.75, 3.05) is 10.6 Å². The highest BCUT2D eigenvalue weighted by atomic mass is 35.5. The SMILES string of the molecule is CCc1ccc(C2Nc3ccccc3NC3=C2C(=O)CC(c2ccccc2Cl)C3)cc1. The van der Waals surface area contributed by atoms with Crippen molar-refractivity contribution in [3.8, 4) is 0 Å². The van der Waals surface area contributed by atoms with Crippen LogP contribution in [-0.4, -0.2) is 5.78 Å². The number of anilines is 2. The van der Waals surface area contributed by atoms with E-state index in [4.69, 9.17) is 11.6 Å². The van der Waals surface area contributed by atoms with Gasteiger partial charge in [0.15, 0.2) is 5.78 Å². The van der Waals surface area contributed by atoms with Crippen LogP contribution in [-0.2, 0) is 11.2 Å². The van der Waals surface area contributed by atoms with Crippen molar-refractivity contribution in [2.24, 2.45) is 0 Å². The van der Waals surface area contributed by atoms with Crippen molar-refractivity contribution in [2.45, 2.75) is 38.1 Å². The molecule has 0 saturated carbocycles. The molecule has 2 atom stereocenters. The number of para-hydroxylation sites is 2. The van der Waals surface area contributed by atoms with E-state index in [1.165, 1.54) is 5.56 Å². The van der Waals surface area contributed by atoms with Gasteiger partial charge in [-0.15, -0.1) is 0 Å². The third-order valence-corrected chi connectivity index (χ3v) is 6.72. The highest BCUT2D eigenvalue weighted by Gasteiger charge is 2.36. The fraction of sp³-hybridized carbons (Fsp3) is 0.222. The molecule has 0 amide bonds. The molecule has 2 aliphatic rings. The lowest BCUT2D eigenvalue weighted by Crippen LogP contribution is -2.27. The summed E-state index contributed by atoms with van der Waals surface area (Å²) in [5.41, 5.74) is 7.26. The predicted molar refractivity (Wildman–Crippen MR) is 128 cm³/mol. The van der Waals surface area contributed by atoms with Crippen LogP contribution < -0.4 is 10.6 Å². The van der Waals surface area contributed by atoms with Crippen LogP contribution in [0, 0.1) is 0 Å². The number of benzene rings is 3. The van der Waals surface area contributed by atoms with E-state index in [0.29, 0.717) is 6.42 Å². The maximum atomic E-state index is 13.6. The predicted octanol–water partition coefficient (Wildman–Crippen LogP) is 6.88. The number of nitrogens with one attached hydrogen (secondary N) is 2. The summed E-state index contributed by atoms with van der Waals surface area (Å²) >= 11 is 6.49.